The van der Waals surface area contributed by atoms with Crippen LogP contribution in [0.3, 0.4) is 0 Å². The molecule has 1 aromatic heterocycles. The summed E-state index contributed by atoms with van der Waals surface area (Å²) in [6, 6.07) is 9.93. The lowest BCUT2D eigenvalue weighted by atomic mass is 9.83. The number of hydrogen-bond donors (Lipinski definition) is 2. The van der Waals surface area contributed by atoms with E-state index in [9.17, 15) is 5.11 Å². The maximum Gasteiger partial charge on any atom is 0.122 e. The molecule has 0 saturated carbocycles. The molecule has 0 amide bonds. The van der Waals surface area contributed by atoms with Crippen molar-refractivity contribution < 1.29 is 5.11 Å². The van der Waals surface area contributed by atoms with Crippen LogP contribution in [0.5, 0.6) is 5.75 Å². The third-order valence-electron chi connectivity index (χ3n) is 3.88. The Hall–Kier alpha value is -2.36. The van der Waals surface area contributed by atoms with Crippen molar-refractivity contribution in [3.63, 3.8) is 0 Å². The largest absolute Gasteiger partial charge is 0.507 e. The molecule has 1 heterocycles. The van der Waals surface area contributed by atoms with Gasteiger partial charge in [-0.3, -0.25) is 0 Å². The summed E-state index contributed by atoms with van der Waals surface area (Å²) < 4.78 is 0. The molecule has 108 valence electrons. The van der Waals surface area contributed by atoms with Gasteiger partial charge in [0, 0.05) is 5.56 Å². The highest BCUT2D eigenvalue weighted by Gasteiger charge is 2.21. The summed E-state index contributed by atoms with van der Waals surface area (Å²) in [5.74, 6) is 0.362. The number of phenolic OH excluding ortho intramolecular Hbond substituents is 1. The average molecular weight is 281 g/mol. The SMILES string of the molecule is Cc1c(-c2cccc3n[nH]nc23)ccc(C(C)(C)C)c1O. The molecule has 0 bridgehead atoms. The maximum atomic E-state index is 10.6. The van der Waals surface area contributed by atoms with Crippen molar-refractivity contribution in [2.24, 2.45) is 0 Å². The molecule has 2 N–H and O–H groups in total. The second-order valence-corrected chi connectivity index (χ2v) is 6.38. The van der Waals surface area contributed by atoms with Crippen LogP contribution in [0.15, 0.2) is 30.3 Å². The second-order valence-electron chi connectivity index (χ2n) is 6.38. The van der Waals surface area contributed by atoms with Crippen LogP contribution in [0.25, 0.3) is 22.2 Å². The minimum Gasteiger partial charge on any atom is -0.507 e. The third-order valence-corrected chi connectivity index (χ3v) is 3.88. The van der Waals surface area contributed by atoms with Gasteiger partial charge in [0.15, 0.2) is 0 Å². The zero-order valence-electron chi connectivity index (χ0n) is 12.7. The molecule has 21 heavy (non-hydrogen) atoms. The van der Waals surface area contributed by atoms with E-state index >= 15 is 0 Å². The van der Waals surface area contributed by atoms with Crippen molar-refractivity contribution in [1.82, 2.24) is 15.4 Å². The lowest BCUT2D eigenvalue weighted by Crippen LogP contribution is -2.11. The predicted molar refractivity (Wildman–Crippen MR) is 84.4 cm³/mol. The zero-order chi connectivity index (χ0) is 15.2. The van der Waals surface area contributed by atoms with Crippen molar-refractivity contribution in [1.29, 1.82) is 0 Å². The zero-order valence-corrected chi connectivity index (χ0v) is 12.7. The molecule has 2 aromatic carbocycles. The first-order valence-electron chi connectivity index (χ1n) is 7.02. The quantitative estimate of drug-likeness (QED) is 0.710. The van der Waals surface area contributed by atoms with Crippen molar-refractivity contribution in [3.8, 4) is 16.9 Å². The lowest BCUT2D eigenvalue weighted by Gasteiger charge is -2.22. The number of hydrogen-bond acceptors (Lipinski definition) is 3. The van der Waals surface area contributed by atoms with Crippen molar-refractivity contribution >= 4 is 11.0 Å². The van der Waals surface area contributed by atoms with Gasteiger partial charge in [-0.15, -0.1) is 0 Å². The molecule has 4 heteroatoms. The Morgan fingerprint density at radius 2 is 1.76 bits per heavy atom. The van der Waals surface area contributed by atoms with E-state index in [-0.39, 0.29) is 5.41 Å². The Morgan fingerprint density at radius 1 is 1.00 bits per heavy atom. The van der Waals surface area contributed by atoms with Gasteiger partial charge in [-0.2, -0.15) is 15.4 Å². The van der Waals surface area contributed by atoms with E-state index in [0.29, 0.717) is 5.75 Å². The van der Waals surface area contributed by atoms with Gasteiger partial charge >= 0.3 is 0 Å². The highest BCUT2D eigenvalue weighted by atomic mass is 16.3. The molecule has 3 aromatic rings. The van der Waals surface area contributed by atoms with Crippen LogP contribution in [0, 0.1) is 6.92 Å². The Bertz CT molecular complexity index is 813. The number of rotatable bonds is 1. The van der Waals surface area contributed by atoms with Gasteiger partial charge in [0.2, 0.25) is 0 Å². The minimum absolute atomic E-state index is 0.0900. The molecule has 0 radical (unpaired) electrons. The number of aromatic nitrogens is 3. The third kappa shape index (κ3) is 2.17. The Kier molecular flexibility index (Phi) is 2.97. The van der Waals surface area contributed by atoms with Crippen LogP contribution >= 0.6 is 0 Å². The fourth-order valence-corrected chi connectivity index (χ4v) is 2.68. The Morgan fingerprint density at radius 3 is 2.48 bits per heavy atom. The van der Waals surface area contributed by atoms with Crippen LogP contribution in [0.2, 0.25) is 0 Å². The Labute approximate surface area is 123 Å². The number of aromatic amines is 1. The summed E-state index contributed by atoms with van der Waals surface area (Å²) in [4.78, 5) is 0. The summed E-state index contributed by atoms with van der Waals surface area (Å²) >= 11 is 0. The van der Waals surface area contributed by atoms with Gasteiger partial charge in [0.25, 0.3) is 0 Å². The Balaban J connectivity index is 2.25. The van der Waals surface area contributed by atoms with Crippen molar-refractivity contribution in [3.05, 3.63) is 41.5 Å². The number of phenols is 1. The topological polar surface area (TPSA) is 61.8 Å². The second kappa shape index (κ2) is 4.58. The van der Waals surface area contributed by atoms with Crippen LogP contribution in [-0.4, -0.2) is 20.5 Å². The molecule has 0 aliphatic heterocycles. The van der Waals surface area contributed by atoms with E-state index in [1.165, 1.54) is 0 Å². The van der Waals surface area contributed by atoms with E-state index in [1.54, 1.807) is 0 Å². The fraction of sp³-hybridized carbons (Fsp3) is 0.294. The van der Waals surface area contributed by atoms with Gasteiger partial charge < -0.3 is 5.11 Å². The van der Waals surface area contributed by atoms with Crippen LogP contribution in [0.1, 0.15) is 31.9 Å². The molecule has 0 spiro atoms. The molecule has 0 unspecified atom stereocenters. The summed E-state index contributed by atoms with van der Waals surface area (Å²) in [6.07, 6.45) is 0. The molecule has 0 aliphatic rings. The van der Waals surface area contributed by atoms with Crippen LogP contribution < -0.4 is 0 Å². The average Bonchev–Trinajstić information content (AvgIpc) is 2.88. The van der Waals surface area contributed by atoms with Gasteiger partial charge in [-0.1, -0.05) is 45.0 Å². The summed E-state index contributed by atoms with van der Waals surface area (Å²) in [5.41, 5.74) is 5.35. The van der Waals surface area contributed by atoms with Gasteiger partial charge in [-0.25, -0.2) is 0 Å². The van der Waals surface area contributed by atoms with Crippen LogP contribution in [-0.2, 0) is 5.41 Å². The molecule has 0 atom stereocenters. The standard InChI is InChI=1S/C17H19N3O/c1-10-11(8-9-13(16(10)21)17(2,3)4)12-6-5-7-14-15(12)19-20-18-14/h5-9,21H,1-4H3,(H,18,19,20). The van der Waals surface area contributed by atoms with Gasteiger partial charge in [0.1, 0.15) is 16.8 Å². The van der Waals surface area contributed by atoms with E-state index in [2.05, 4.69) is 42.2 Å². The molecule has 4 nitrogen and oxygen atoms in total. The van der Waals surface area contributed by atoms with Crippen LogP contribution in [0.4, 0.5) is 0 Å². The molecule has 0 aliphatic carbocycles. The first-order chi connectivity index (χ1) is 9.89. The summed E-state index contributed by atoms with van der Waals surface area (Å²) in [5, 5.41) is 21.5. The lowest BCUT2D eigenvalue weighted by molar-refractivity contribution is 0.443. The predicted octanol–water partition coefficient (Wildman–Crippen LogP) is 3.94. The maximum absolute atomic E-state index is 10.6. The fourth-order valence-electron chi connectivity index (χ4n) is 2.68. The molecule has 3 rings (SSSR count). The first-order valence-corrected chi connectivity index (χ1v) is 7.02. The number of nitrogens with one attached hydrogen (secondary N) is 1. The van der Waals surface area contributed by atoms with E-state index < -0.39 is 0 Å². The highest BCUT2D eigenvalue weighted by molar-refractivity contribution is 5.92. The van der Waals surface area contributed by atoms with E-state index in [0.717, 1.165) is 33.3 Å². The molecule has 0 fully saturated rings. The molecular formula is C17H19N3O. The van der Waals surface area contributed by atoms with Crippen molar-refractivity contribution in [2.45, 2.75) is 33.1 Å². The van der Waals surface area contributed by atoms with E-state index in [4.69, 9.17) is 0 Å². The number of H-pyrrole nitrogens is 1. The highest BCUT2D eigenvalue weighted by Crippen LogP contribution is 2.39. The van der Waals surface area contributed by atoms with E-state index in [1.807, 2.05) is 31.2 Å². The minimum atomic E-state index is -0.0900. The normalized spacial score (nSPS) is 12.0. The number of nitrogens with zero attached hydrogens (tertiary/aromatic N) is 2. The smallest absolute Gasteiger partial charge is 0.122 e. The first kappa shape index (κ1) is 13.6. The molecular weight excluding hydrogens is 262 g/mol. The van der Waals surface area contributed by atoms with Gasteiger partial charge in [-0.05, 0) is 35.1 Å². The number of fused-ring (bicyclic) bond motifs is 1. The summed E-state index contributed by atoms with van der Waals surface area (Å²) in [6.45, 7) is 8.23. The molecule has 0 saturated heterocycles. The monoisotopic (exact) mass is 281 g/mol. The van der Waals surface area contributed by atoms with Gasteiger partial charge in [0.05, 0.1) is 0 Å². The number of aromatic hydroxyl groups is 1. The number of benzene rings is 2. The number of para-hydroxylation sites is 1. The van der Waals surface area contributed by atoms with Crippen molar-refractivity contribution in [2.75, 3.05) is 0 Å². The summed E-state index contributed by atoms with van der Waals surface area (Å²) in [7, 11) is 0.